The molecule has 8 aromatic carbocycles. The number of alkyl halides is 3. The van der Waals surface area contributed by atoms with Gasteiger partial charge in [0.2, 0.25) is 0 Å². The van der Waals surface area contributed by atoms with Crippen LogP contribution in [-0.4, -0.2) is 0 Å². The molecule has 540 valence electrons. The fourth-order valence-electron chi connectivity index (χ4n) is 10.9. The molecule has 8 aromatic rings. The van der Waals surface area contributed by atoms with Crippen LogP contribution < -0.4 is 0 Å². The quantitative estimate of drug-likeness (QED) is 0.146. The lowest BCUT2D eigenvalue weighted by molar-refractivity contribution is -0.138. The summed E-state index contributed by atoms with van der Waals surface area (Å²) >= 11 is 0. The Balaban J connectivity index is 0.000000561. The van der Waals surface area contributed by atoms with Crippen molar-refractivity contribution in [3.8, 4) is 0 Å². The molecule has 0 spiro atoms. The summed E-state index contributed by atoms with van der Waals surface area (Å²) in [5, 5.41) is 0. The summed E-state index contributed by atoms with van der Waals surface area (Å²) < 4.78 is 91.0. The summed E-state index contributed by atoms with van der Waals surface area (Å²) in [7, 11) is 0. The number of rotatable bonds is 6. The molecule has 0 unspecified atom stereocenters. The molecular formula is C91H127F7. The SMILES string of the molecule is Cc1cc(C(C)(C)C)cc(F)c1C.Cc1cc(C(C)C)cc(C(F)(F)F)c1C.Cc1cc(C(C)C)cc(C)c1C.Cc1cc(C(C)C)cc(F)c1C.Cc1cc(C(C)C)cc(F)c1C.Cc1cc(C)c(C)c(C(C)C)c1.Cc1cc(C)c(C)c(C)c1.Cc1cc(F)c(C)c(C(C)C)c1. The van der Waals surface area contributed by atoms with Crippen LogP contribution in [-0.2, 0) is 11.6 Å². The maximum absolute atomic E-state index is 13.4. The normalized spacial score (nSPS) is 11.1. The van der Waals surface area contributed by atoms with Gasteiger partial charge < -0.3 is 0 Å². The van der Waals surface area contributed by atoms with Crippen LogP contribution in [0, 0.1) is 162 Å². The molecule has 0 radical (unpaired) electrons. The number of aryl methyl sites for hydroxylation is 12. The van der Waals surface area contributed by atoms with Crippen molar-refractivity contribution in [2.24, 2.45) is 0 Å². The van der Waals surface area contributed by atoms with Gasteiger partial charge >= 0.3 is 6.18 Å². The first-order chi connectivity index (χ1) is 44.8. The van der Waals surface area contributed by atoms with E-state index in [1.807, 2.05) is 75.3 Å². The van der Waals surface area contributed by atoms with Crippen LogP contribution in [0.3, 0.4) is 0 Å². The molecule has 0 atom stereocenters. The van der Waals surface area contributed by atoms with Crippen LogP contribution in [0.25, 0.3) is 0 Å². The van der Waals surface area contributed by atoms with E-state index in [1.165, 1.54) is 79.8 Å². The smallest absolute Gasteiger partial charge is 0.207 e. The Morgan fingerprint density at radius 2 is 0.480 bits per heavy atom. The van der Waals surface area contributed by atoms with Crippen LogP contribution in [0.4, 0.5) is 30.7 Å². The maximum atomic E-state index is 13.4. The molecule has 8 rings (SSSR count). The van der Waals surface area contributed by atoms with Crippen molar-refractivity contribution in [3.63, 3.8) is 0 Å². The molecular weight excluding hydrogens is 1230 g/mol. The lowest BCUT2D eigenvalue weighted by atomic mass is 9.85. The summed E-state index contributed by atoms with van der Waals surface area (Å²) in [6, 6.07) is 31.4. The largest absolute Gasteiger partial charge is 0.416 e. The highest BCUT2D eigenvalue weighted by atomic mass is 19.4. The monoisotopic (exact) mass is 1350 g/mol. The number of hydrogen-bond acceptors (Lipinski definition) is 0. The van der Waals surface area contributed by atoms with E-state index in [2.05, 4.69) is 220 Å². The van der Waals surface area contributed by atoms with E-state index in [0.717, 1.165) is 72.3 Å². The lowest BCUT2D eigenvalue weighted by Crippen LogP contribution is -2.12. The number of halogens is 7. The predicted molar refractivity (Wildman–Crippen MR) is 414 cm³/mol. The number of benzene rings is 8. The van der Waals surface area contributed by atoms with Gasteiger partial charge in [0.25, 0.3) is 0 Å². The first-order valence-electron chi connectivity index (χ1n) is 35.2. The van der Waals surface area contributed by atoms with Gasteiger partial charge in [-0.05, 0) is 349 Å². The highest BCUT2D eigenvalue weighted by molar-refractivity contribution is 5.43. The van der Waals surface area contributed by atoms with Crippen LogP contribution in [0.15, 0.2) is 97.1 Å². The van der Waals surface area contributed by atoms with Gasteiger partial charge in [-0.25, -0.2) is 17.6 Å². The summed E-state index contributed by atoms with van der Waals surface area (Å²) in [6.45, 7) is 71.6. The van der Waals surface area contributed by atoms with Crippen molar-refractivity contribution < 1.29 is 30.7 Å². The van der Waals surface area contributed by atoms with Crippen molar-refractivity contribution in [1.29, 1.82) is 0 Å². The highest BCUT2D eigenvalue weighted by Gasteiger charge is 2.33. The molecule has 0 nitrogen and oxygen atoms in total. The van der Waals surface area contributed by atoms with E-state index in [-0.39, 0.29) is 34.6 Å². The van der Waals surface area contributed by atoms with Gasteiger partial charge in [0.15, 0.2) is 0 Å². The Bertz CT molecular complexity index is 3540. The summed E-state index contributed by atoms with van der Waals surface area (Å²) in [5.74, 6) is 2.26. The minimum Gasteiger partial charge on any atom is -0.207 e. The maximum Gasteiger partial charge on any atom is 0.416 e. The van der Waals surface area contributed by atoms with E-state index in [0.29, 0.717) is 40.7 Å². The Labute approximate surface area is 593 Å². The van der Waals surface area contributed by atoms with Crippen molar-refractivity contribution in [2.45, 2.75) is 289 Å². The Morgan fingerprint density at radius 1 is 0.235 bits per heavy atom. The third-order valence-corrected chi connectivity index (χ3v) is 19.0. The first kappa shape index (κ1) is 89.3. The minimum absolute atomic E-state index is 0.0271. The molecule has 0 fully saturated rings. The highest BCUT2D eigenvalue weighted by Crippen LogP contribution is 2.36. The third-order valence-electron chi connectivity index (χ3n) is 19.0. The van der Waals surface area contributed by atoms with E-state index >= 15 is 0 Å². The van der Waals surface area contributed by atoms with Gasteiger partial charge in [0.05, 0.1) is 5.56 Å². The second kappa shape index (κ2) is 39.3. The van der Waals surface area contributed by atoms with E-state index in [9.17, 15) is 30.7 Å². The minimum atomic E-state index is -4.25. The fourth-order valence-corrected chi connectivity index (χ4v) is 10.9. The Kier molecular flexibility index (Phi) is 35.8. The Hall–Kier alpha value is -6.73. The molecule has 0 saturated heterocycles. The fraction of sp³-hybridized carbons (Fsp3) is 0.473. The molecule has 0 saturated carbocycles. The van der Waals surface area contributed by atoms with Gasteiger partial charge in [-0.3, -0.25) is 0 Å². The summed E-state index contributed by atoms with van der Waals surface area (Å²) in [4.78, 5) is 0. The van der Waals surface area contributed by atoms with Crippen LogP contribution >= 0.6 is 0 Å². The zero-order valence-electron chi connectivity index (χ0n) is 67.3. The van der Waals surface area contributed by atoms with Crippen molar-refractivity contribution in [2.75, 3.05) is 0 Å². The first-order valence-corrected chi connectivity index (χ1v) is 35.2. The molecule has 0 N–H and O–H groups in total. The zero-order chi connectivity index (χ0) is 76.3. The van der Waals surface area contributed by atoms with Crippen molar-refractivity contribution in [1.82, 2.24) is 0 Å². The van der Waals surface area contributed by atoms with Crippen LogP contribution in [0.5, 0.6) is 0 Å². The molecule has 0 aliphatic heterocycles. The predicted octanol–water partition coefficient (Wildman–Crippen LogP) is 29.3. The van der Waals surface area contributed by atoms with E-state index < -0.39 is 11.7 Å². The molecule has 0 aromatic heterocycles. The third kappa shape index (κ3) is 28.1. The Morgan fingerprint density at radius 3 is 0.786 bits per heavy atom. The molecule has 0 aliphatic carbocycles. The average molecular weight is 1350 g/mol. The van der Waals surface area contributed by atoms with Gasteiger partial charge in [0.1, 0.15) is 23.3 Å². The van der Waals surface area contributed by atoms with Crippen LogP contribution in [0.1, 0.15) is 295 Å². The van der Waals surface area contributed by atoms with Gasteiger partial charge in [0, 0.05) is 0 Å². The second-order valence-corrected chi connectivity index (χ2v) is 30.5. The summed E-state index contributed by atoms with van der Waals surface area (Å²) in [6.07, 6.45) is -4.25. The zero-order valence-corrected chi connectivity index (χ0v) is 67.3. The van der Waals surface area contributed by atoms with E-state index in [1.54, 1.807) is 31.2 Å². The average Bonchev–Trinajstić information content (AvgIpc) is 0.877. The van der Waals surface area contributed by atoms with Gasteiger partial charge in [-0.15, -0.1) is 0 Å². The van der Waals surface area contributed by atoms with Crippen LogP contribution in [0.2, 0.25) is 0 Å². The lowest BCUT2D eigenvalue weighted by Gasteiger charge is -2.20. The molecule has 0 bridgehead atoms. The summed E-state index contributed by atoms with van der Waals surface area (Å²) in [5.41, 5.74) is 29.9. The van der Waals surface area contributed by atoms with Crippen molar-refractivity contribution in [3.05, 3.63) is 276 Å². The molecule has 0 amide bonds. The molecule has 0 aliphatic rings. The van der Waals surface area contributed by atoms with Gasteiger partial charge in [-0.2, -0.15) is 13.2 Å². The molecule has 7 heteroatoms. The number of hydrogen-bond donors (Lipinski definition) is 0. The molecule has 98 heavy (non-hydrogen) atoms. The standard InChI is InChI=1S/C12H15F3.C12H17F.2C12H18.3C11H15F.C10H14/c1-7(2)10-5-8(3)9(4)11(6-10)12(13,14)15;1-8-6-10(12(3,4)5)7-11(13)9(8)2;1-8(2)12-6-9(3)11(5)10(4)7-12;1-8(2)12-7-9(3)6-10(4)11(12)5;2*1-7(2)10-5-8(3)9(4)11(12)6-10;1-7(2)10-5-8(3)6-11(12)9(10)4;1-7-5-8(2)10(4)9(3)6-7/h5-7H,1-4H3;6-7H,1-5H3;2*6-8H,1-5H3;3*5-7H,1-4H3;5-6H,1-4H3. The van der Waals surface area contributed by atoms with E-state index in [4.69, 9.17) is 0 Å². The second-order valence-electron chi connectivity index (χ2n) is 30.5. The van der Waals surface area contributed by atoms with Gasteiger partial charge in [-0.1, -0.05) is 182 Å². The topological polar surface area (TPSA) is 0 Å². The molecule has 0 heterocycles. The van der Waals surface area contributed by atoms with Crippen molar-refractivity contribution >= 4 is 0 Å².